The molecule has 0 saturated carbocycles. The Morgan fingerprint density at radius 1 is 1.22 bits per heavy atom. The summed E-state index contributed by atoms with van der Waals surface area (Å²) in [6, 6.07) is 10.4. The van der Waals surface area contributed by atoms with E-state index in [1.165, 1.54) is 11.9 Å². The average Bonchev–Trinajstić information content (AvgIpc) is 2.41. The number of hydrogen-bond acceptors (Lipinski definition) is 4. The van der Waals surface area contributed by atoms with Gasteiger partial charge in [-0.15, -0.1) is 0 Å². The quantitative estimate of drug-likeness (QED) is 0.865. The van der Waals surface area contributed by atoms with Crippen molar-refractivity contribution in [2.45, 2.75) is 19.8 Å². The van der Waals surface area contributed by atoms with Gasteiger partial charge >= 0.3 is 0 Å². The fourth-order valence-electron chi connectivity index (χ4n) is 1.79. The van der Waals surface area contributed by atoms with E-state index in [-0.39, 0.29) is 0 Å². The minimum Gasteiger partial charge on any atom is -0.383 e. The topological polar surface area (TPSA) is 63.8 Å². The lowest BCUT2D eigenvalue weighted by molar-refractivity contribution is 0.800. The van der Waals surface area contributed by atoms with Crippen LogP contribution in [0.2, 0.25) is 0 Å². The molecule has 0 aliphatic carbocycles. The molecule has 0 fully saturated rings. The van der Waals surface area contributed by atoms with Crippen molar-refractivity contribution in [2.75, 3.05) is 17.6 Å². The van der Waals surface area contributed by atoms with Gasteiger partial charge in [0.05, 0.1) is 0 Å². The van der Waals surface area contributed by atoms with E-state index in [2.05, 4.69) is 46.5 Å². The highest BCUT2D eigenvalue weighted by molar-refractivity contribution is 5.53. The van der Waals surface area contributed by atoms with E-state index in [0.29, 0.717) is 11.7 Å². The minimum absolute atomic E-state index is 0.418. The molecule has 1 aromatic carbocycles. The van der Waals surface area contributed by atoms with Crippen molar-refractivity contribution < 1.29 is 0 Å². The van der Waals surface area contributed by atoms with E-state index in [9.17, 15) is 0 Å². The number of benzene rings is 1. The zero-order chi connectivity index (χ0) is 13.0. The maximum absolute atomic E-state index is 5.75. The van der Waals surface area contributed by atoms with E-state index < -0.39 is 0 Å². The van der Waals surface area contributed by atoms with Gasteiger partial charge in [0.1, 0.15) is 18.0 Å². The molecule has 0 amide bonds. The van der Waals surface area contributed by atoms with Crippen LogP contribution in [0.4, 0.5) is 11.6 Å². The summed E-state index contributed by atoms with van der Waals surface area (Å²) in [4.78, 5) is 8.15. The first kappa shape index (κ1) is 12.4. The smallest absolute Gasteiger partial charge is 0.134 e. The molecule has 3 N–H and O–H groups in total. The SMILES string of the molecule is Cc1c(N)ncnc1NCC(C)c1ccccc1. The van der Waals surface area contributed by atoms with E-state index in [0.717, 1.165) is 17.9 Å². The van der Waals surface area contributed by atoms with Gasteiger partial charge < -0.3 is 11.1 Å². The number of nitrogen functional groups attached to an aromatic ring is 1. The standard InChI is InChI=1S/C14H18N4/c1-10(12-6-4-3-5-7-12)8-16-14-11(2)13(15)17-9-18-14/h3-7,9-10H,8H2,1-2H3,(H3,15,16,17,18). The van der Waals surface area contributed by atoms with Crippen molar-refractivity contribution in [1.29, 1.82) is 0 Å². The maximum Gasteiger partial charge on any atom is 0.134 e. The van der Waals surface area contributed by atoms with E-state index >= 15 is 0 Å². The van der Waals surface area contributed by atoms with Gasteiger partial charge in [0.25, 0.3) is 0 Å². The van der Waals surface area contributed by atoms with Crippen LogP contribution in [0.1, 0.15) is 24.0 Å². The van der Waals surface area contributed by atoms with Gasteiger partial charge in [-0.25, -0.2) is 9.97 Å². The molecule has 18 heavy (non-hydrogen) atoms. The third kappa shape index (κ3) is 2.77. The predicted molar refractivity (Wildman–Crippen MR) is 74.5 cm³/mol. The molecule has 0 radical (unpaired) electrons. The summed E-state index contributed by atoms with van der Waals surface area (Å²) in [7, 11) is 0. The number of nitrogens with two attached hydrogens (primary N) is 1. The second-order valence-corrected chi connectivity index (χ2v) is 4.43. The fourth-order valence-corrected chi connectivity index (χ4v) is 1.79. The van der Waals surface area contributed by atoms with Crippen molar-refractivity contribution in [3.8, 4) is 0 Å². The van der Waals surface area contributed by atoms with Crippen LogP contribution in [0.25, 0.3) is 0 Å². The Morgan fingerprint density at radius 3 is 2.67 bits per heavy atom. The summed E-state index contributed by atoms with van der Waals surface area (Å²) < 4.78 is 0. The van der Waals surface area contributed by atoms with Gasteiger partial charge in [-0.2, -0.15) is 0 Å². The van der Waals surface area contributed by atoms with E-state index in [1.807, 2.05) is 13.0 Å². The Balaban J connectivity index is 2.02. The summed E-state index contributed by atoms with van der Waals surface area (Å²) >= 11 is 0. The normalized spacial score (nSPS) is 12.1. The molecule has 1 heterocycles. The minimum atomic E-state index is 0.418. The van der Waals surface area contributed by atoms with E-state index in [4.69, 9.17) is 5.73 Å². The van der Waals surface area contributed by atoms with Crippen LogP contribution in [0, 0.1) is 6.92 Å². The molecule has 1 unspecified atom stereocenters. The Hall–Kier alpha value is -2.10. The number of nitrogens with one attached hydrogen (secondary N) is 1. The van der Waals surface area contributed by atoms with Gasteiger partial charge in [-0.05, 0) is 18.4 Å². The van der Waals surface area contributed by atoms with Crippen molar-refractivity contribution >= 4 is 11.6 Å². The monoisotopic (exact) mass is 242 g/mol. The molecule has 0 bridgehead atoms. The molecule has 2 aromatic rings. The molecule has 1 atom stereocenters. The van der Waals surface area contributed by atoms with Crippen LogP contribution in [-0.2, 0) is 0 Å². The largest absolute Gasteiger partial charge is 0.383 e. The van der Waals surface area contributed by atoms with Crippen LogP contribution < -0.4 is 11.1 Å². The maximum atomic E-state index is 5.75. The summed E-state index contributed by atoms with van der Waals surface area (Å²) in [6.07, 6.45) is 1.48. The van der Waals surface area contributed by atoms with Crippen molar-refractivity contribution in [3.05, 3.63) is 47.8 Å². The molecule has 0 aliphatic rings. The average molecular weight is 242 g/mol. The van der Waals surface area contributed by atoms with Gasteiger partial charge in [-0.1, -0.05) is 37.3 Å². The van der Waals surface area contributed by atoms with Gasteiger partial charge in [-0.3, -0.25) is 0 Å². The van der Waals surface area contributed by atoms with E-state index in [1.54, 1.807) is 0 Å². The summed E-state index contributed by atoms with van der Waals surface area (Å²) in [5, 5.41) is 3.32. The Morgan fingerprint density at radius 2 is 1.94 bits per heavy atom. The third-order valence-corrected chi connectivity index (χ3v) is 3.07. The molecule has 0 aliphatic heterocycles. The van der Waals surface area contributed by atoms with Crippen LogP contribution in [0.15, 0.2) is 36.7 Å². The molecular weight excluding hydrogens is 224 g/mol. The Bertz CT molecular complexity index is 510. The van der Waals surface area contributed by atoms with Crippen LogP contribution in [0.3, 0.4) is 0 Å². The van der Waals surface area contributed by atoms with Crippen LogP contribution >= 0.6 is 0 Å². The molecule has 4 nitrogen and oxygen atoms in total. The van der Waals surface area contributed by atoms with Crippen LogP contribution in [-0.4, -0.2) is 16.5 Å². The molecule has 94 valence electrons. The van der Waals surface area contributed by atoms with Gasteiger partial charge in [0.2, 0.25) is 0 Å². The predicted octanol–water partition coefficient (Wildman–Crippen LogP) is 2.58. The lowest BCUT2D eigenvalue weighted by Gasteiger charge is -2.14. The first-order valence-corrected chi connectivity index (χ1v) is 6.04. The number of aromatic nitrogens is 2. The number of rotatable bonds is 4. The second-order valence-electron chi connectivity index (χ2n) is 4.43. The first-order valence-electron chi connectivity index (χ1n) is 6.04. The number of anilines is 2. The van der Waals surface area contributed by atoms with Crippen molar-refractivity contribution in [1.82, 2.24) is 9.97 Å². The number of nitrogens with zero attached hydrogens (tertiary/aromatic N) is 2. The molecule has 0 spiro atoms. The molecule has 2 rings (SSSR count). The third-order valence-electron chi connectivity index (χ3n) is 3.07. The lowest BCUT2D eigenvalue weighted by Crippen LogP contribution is -2.12. The second kappa shape index (κ2) is 5.49. The van der Waals surface area contributed by atoms with Crippen molar-refractivity contribution in [3.63, 3.8) is 0 Å². The summed E-state index contributed by atoms with van der Waals surface area (Å²) in [5.74, 6) is 1.76. The fraction of sp³-hybridized carbons (Fsp3) is 0.286. The Labute approximate surface area is 107 Å². The van der Waals surface area contributed by atoms with Gasteiger partial charge in [0, 0.05) is 12.1 Å². The molecule has 4 heteroatoms. The van der Waals surface area contributed by atoms with Gasteiger partial charge in [0.15, 0.2) is 0 Å². The zero-order valence-corrected chi connectivity index (χ0v) is 10.7. The molecular formula is C14H18N4. The highest BCUT2D eigenvalue weighted by atomic mass is 15.0. The highest BCUT2D eigenvalue weighted by Crippen LogP contribution is 2.18. The number of hydrogen-bond donors (Lipinski definition) is 2. The summed E-state index contributed by atoms with van der Waals surface area (Å²) in [5.41, 5.74) is 7.96. The lowest BCUT2D eigenvalue weighted by atomic mass is 10.0. The molecule has 0 saturated heterocycles. The Kier molecular flexibility index (Phi) is 3.77. The summed E-state index contributed by atoms with van der Waals surface area (Å²) in [6.45, 7) is 4.92. The zero-order valence-electron chi connectivity index (χ0n) is 10.7. The van der Waals surface area contributed by atoms with Crippen LogP contribution in [0.5, 0.6) is 0 Å². The molecule has 1 aromatic heterocycles. The highest BCUT2D eigenvalue weighted by Gasteiger charge is 2.07. The first-order chi connectivity index (χ1) is 8.68. The van der Waals surface area contributed by atoms with Crippen molar-refractivity contribution in [2.24, 2.45) is 0 Å².